The van der Waals surface area contributed by atoms with Crippen LogP contribution in [-0.2, 0) is 26.0 Å². The summed E-state index contributed by atoms with van der Waals surface area (Å²) in [5.41, 5.74) is 2.81. The van der Waals surface area contributed by atoms with Crippen LogP contribution in [0.25, 0.3) is 0 Å². The average Bonchev–Trinajstić information content (AvgIpc) is 2.82. The van der Waals surface area contributed by atoms with Crippen LogP contribution in [0.4, 0.5) is 5.69 Å². The average molecular weight is 467 g/mol. The Morgan fingerprint density at radius 1 is 0.879 bits per heavy atom. The first-order valence-electron chi connectivity index (χ1n) is 10.5. The van der Waals surface area contributed by atoms with Gasteiger partial charge in [0.25, 0.3) is 15.9 Å². The highest BCUT2D eigenvalue weighted by Gasteiger charge is 2.16. The van der Waals surface area contributed by atoms with Gasteiger partial charge in [0.1, 0.15) is 0 Å². The number of hydrogen-bond donors (Lipinski definition) is 2. The van der Waals surface area contributed by atoms with Crippen LogP contribution in [0.5, 0.6) is 0 Å². The third kappa shape index (κ3) is 7.47. The lowest BCUT2D eigenvalue weighted by molar-refractivity contribution is -0.124. The molecule has 2 N–H and O–H groups in total. The SMILES string of the molecule is Cc1ccc(NS(=O)(=O)c2ccc(C(=O)OCC(=O)NCCCc3ccccc3)cc2)cc1. The maximum absolute atomic E-state index is 12.5. The van der Waals surface area contributed by atoms with Crippen molar-refractivity contribution in [1.82, 2.24) is 5.32 Å². The molecule has 0 saturated heterocycles. The van der Waals surface area contributed by atoms with Crippen molar-refractivity contribution in [2.75, 3.05) is 17.9 Å². The molecule has 0 spiro atoms. The maximum atomic E-state index is 12.5. The number of aryl methyl sites for hydroxylation is 2. The Labute approximate surface area is 193 Å². The molecule has 33 heavy (non-hydrogen) atoms. The van der Waals surface area contributed by atoms with E-state index in [4.69, 9.17) is 4.74 Å². The lowest BCUT2D eigenvalue weighted by atomic mass is 10.1. The number of anilines is 1. The molecule has 1 amide bonds. The molecule has 8 heteroatoms. The van der Waals surface area contributed by atoms with E-state index in [0.29, 0.717) is 12.2 Å². The van der Waals surface area contributed by atoms with E-state index in [9.17, 15) is 18.0 Å². The molecule has 0 aliphatic heterocycles. The first kappa shape index (κ1) is 24.0. The smallest absolute Gasteiger partial charge is 0.338 e. The molecule has 0 fully saturated rings. The molecule has 3 aromatic rings. The zero-order chi connectivity index (χ0) is 23.7. The summed E-state index contributed by atoms with van der Waals surface area (Å²) in [7, 11) is -3.79. The van der Waals surface area contributed by atoms with E-state index in [1.54, 1.807) is 24.3 Å². The summed E-state index contributed by atoms with van der Waals surface area (Å²) in [6.07, 6.45) is 1.62. The van der Waals surface area contributed by atoms with Crippen molar-refractivity contribution in [1.29, 1.82) is 0 Å². The van der Waals surface area contributed by atoms with Crippen LogP contribution in [0.1, 0.15) is 27.9 Å². The van der Waals surface area contributed by atoms with Crippen molar-refractivity contribution in [3.63, 3.8) is 0 Å². The minimum Gasteiger partial charge on any atom is -0.452 e. The van der Waals surface area contributed by atoms with Gasteiger partial charge < -0.3 is 10.1 Å². The lowest BCUT2D eigenvalue weighted by Crippen LogP contribution is -2.29. The molecule has 0 unspecified atom stereocenters. The number of sulfonamides is 1. The van der Waals surface area contributed by atoms with Crippen LogP contribution < -0.4 is 10.0 Å². The maximum Gasteiger partial charge on any atom is 0.338 e. The van der Waals surface area contributed by atoms with Crippen LogP contribution in [0, 0.1) is 6.92 Å². The van der Waals surface area contributed by atoms with Crippen molar-refractivity contribution in [3.05, 3.63) is 95.6 Å². The molecular formula is C25H26N2O5S. The highest BCUT2D eigenvalue weighted by Crippen LogP contribution is 2.17. The zero-order valence-corrected chi connectivity index (χ0v) is 19.1. The van der Waals surface area contributed by atoms with Gasteiger partial charge in [-0.2, -0.15) is 0 Å². The first-order chi connectivity index (χ1) is 15.8. The van der Waals surface area contributed by atoms with Crippen molar-refractivity contribution in [2.45, 2.75) is 24.7 Å². The van der Waals surface area contributed by atoms with E-state index in [0.717, 1.165) is 18.4 Å². The molecule has 0 radical (unpaired) electrons. The highest BCUT2D eigenvalue weighted by atomic mass is 32.2. The Hall–Kier alpha value is -3.65. The standard InChI is InChI=1S/C25H26N2O5S/c1-19-9-13-22(14-10-19)27-33(30,31)23-15-11-21(12-16-23)25(29)32-18-24(28)26-17-5-8-20-6-3-2-4-7-20/h2-4,6-7,9-16,27H,5,8,17-18H2,1H3,(H,26,28). The van der Waals surface area contributed by atoms with Gasteiger partial charge in [-0.3, -0.25) is 9.52 Å². The summed E-state index contributed by atoms with van der Waals surface area (Å²) < 4.78 is 32.5. The van der Waals surface area contributed by atoms with E-state index in [1.807, 2.05) is 37.3 Å². The quantitative estimate of drug-likeness (QED) is 0.350. The largest absolute Gasteiger partial charge is 0.452 e. The molecule has 0 atom stereocenters. The predicted octanol–water partition coefficient (Wildman–Crippen LogP) is 3.70. The lowest BCUT2D eigenvalue weighted by Gasteiger charge is -2.09. The molecule has 3 rings (SSSR count). The van der Waals surface area contributed by atoms with Crippen LogP contribution in [0.15, 0.2) is 83.8 Å². The minimum absolute atomic E-state index is 0.00999. The van der Waals surface area contributed by atoms with Gasteiger partial charge in [-0.05, 0) is 61.7 Å². The number of esters is 1. The number of ether oxygens (including phenoxy) is 1. The van der Waals surface area contributed by atoms with Gasteiger partial charge in [-0.25, -0.2) is 13.2 Å². The van der Waals surface area contributed by atoms with Gasteiger partial charge in [0.05, 0.1) is 10.5 Å². The van der Waals surface area contributed by atoms with E-state index >= 15 is 0 Å². The zero-order valence-electron chi connectivity index (χ0n) is 18.3. The fraction of sp³-hybridized carbons (Fsp3) is 0.200. The molecule has 0 aromatic heterocycles. The fourth-order valence-electron chi connectivity index (χ4n) is 3.04. The highest BCUT2D eigenvalue weighted by molar-refractivity contribution is 7.92. The number of rotatable bonds is 10. The van der Waals surface area contributed by atoms with Crippen LogP contribution in [0.2, 0.25) is 0 Å². The molecular weight excluding hydrogens is 440 g/mol. The summed E-state index contributed by atoms with van der Waals surface area (Å²) in [6, 6.07) is 22.2. The van der Waals surface area contributed by atoms with Crippen molar-refractivity contribution < 1.29 is 22.7 Å². The van der Waals surface area contributed by atoms with Gasteiger partial charge in [-0.15, -0.1) is 0 Å². The van der Waals surface area contributed by atoms with Crippen molar-refractivity contribution >= 4 is 27.6 Å². The molecule has 0 aliphatic carbocycles. The van der Waals surface area contributed by atoms with Gasteiger partial charge >= 0.3 is 5.97 Å². The normalized spacial score (nSPS) is 10.9. The second-order valence-electron chi connectivity index (χ2n) is 7.51. The number of carbonyl (C=O) groups is 2. The van der Waals surface area contributed by atoms with E-state index in [2.05, 4.69) is 10.0 Å². The van der Waals surface area contributed by atoms with Gasteiger partial charge in [0.15, 0.2) is 6.61 Å². The Bertz CT molecular complexity index is 1180. The Morgan fingerprint density at radius 3 is 2.21 bits per heavy atom. The first-order valence-corrected chi connectivity index (χ1v) is 12.0. The van der Waals surface area contributed by atoms with Crippen LogP contribution in [-0.4, -0.2) is 33.4 Å². The fourth-order valence-corrected chi connectivity index (χ4v) is 4.09. The van der Waals surface area contributed by atoms with Crippen molar-refractivity contribution in [2.24, 2.45) is 0 Å². The van der Waals surface area contributed by atoms with E-state index in [1.165, 1.54) is 29.8 Å². The number of benzene rings is 3. The Balaban J connectivity index is 1.44. The molecule has 0 aliphatic rings. The van der Waals surface area contributed by atoms with E-state index < -0.39 is 28.5 Å². The van der Waals surface area contributed by atoms with Crippen molar-refractivity contribution in [3.8, 4) is 0 Å². The van der Waals surface area contributed by atoms with Crippen LogP contribution >= 0.6 is 0 Å². The molecule has 172 valence electrons. The summed E-state index contributed by atoms with van der Waals surface area (Å²) in [5.74, 6) is -1.09. The number of amides is 1. The van der Waals surface area contributed by atoms with Gasteiger partial charge in [0.2, 0.25) is 0 Å². The molecule has 0 heterocycles. The minimum atomic E-state index is -3.79. The Morgan fingerprint density at radius 2 is 1.55 bits per heavy atom. The summed E-state index contributed by atoms with van der Waals surface area (Å²) in [5, 5.41) is 2.71. The number of hydrogen-bond acceptors (Lipinski definition) is 5. The molecule has 7 nitrogen and oxygen atoms in total. The van der Waals surface area contributed by atoms with Gasteiger partial charge in [-0.1, -0.05) is 48.0 Å². The number of carbonyl (C=O) groups excluding carboxylic acids is 2. The summed E-state index contributed by atoms with van der Waals surface area (Å²) >= 11 is 0. The second kappa shape index (κ2) is 11.3. The predicted molar refractivity (Wildman–Crippen MR) is 126 cm³/mol. The third-order valence-corrected chi connectivity index (χ3v) is 6.24. The topological polar surface area (TPSA) is 102 Å². The van der Waals surface area contributed by atoms with Crippen LogP contribution in [0.3, 0.4) is 0 Å². The van der Waals surface area contributed by atoms with Gasteiger partial charge in [0, 0.05) is 12.2 Å². The summed E-state index contributed by atoms with van der Waals surface area (Å²) in [4.78, 5) is 24.1. The summed E-state index contributed by atoms with van der Waals surface area (Å²) in [6.45, 7) is 1.98. The molecule has 0 saturated carbocycles. The molecule has 0 bridgehead atoms. The van der Waals surface area contributed by atoms with E-state index in [-0.39, 0.29) is 10.5 Å². The third-order valence-electron chi connectivity index (χ3n) is 4.85. The number of nitrogens with one attached hydrogen (secondary N) is 2. The monoisotopic (exact) mass is 466 g/mol. The second-order valence-corrected chi connectivity index (χ2v) is 9.19. The Kier molecular flexibility index (Phi) is 8.21. The molecule has 3 aromatic carbocycles.